The van der Waals surface area contributed by atoms with Crippen LogP contribution in [0.4, 0.5) is 0 Å². The van der Waals surface area contributed by atoms with Gasteiger partial charge >= 0.3 is 0 Å². The number of aromatic hydroxyl groups is 2. The highest BCUT2D eigenvalue weighted by Gasteiger charge is 2.19. The second kappa shape index (κ2) is 51.2. The molecule has 0 saturated heterocycles. The number of ether oxygens (including phenoxy) is 19. The molecular weight excluding hydrogens is 1180 g/mol. The molecule has 5 aromatic carbocycles. The van der Waals surface area contributed by atoms with Gasteiger partial charge in [0.05, 0.1) is 218 Å². The molecule has 0 spiro atoms. The molecule has 5 rings (SSSR count). The number of phenols is 2. The van der Waals surface area contributed by atoms with Crippen LogP contribution in [0.3, 0.4) is 0 Å². The molecule has 508 valence electrons. The minimum Gasteiger partial charge on any atom is -0.508 e. The minimum absolute atomic E-state index is 0.115. The second-order valence-corrected chi connectivity index (χ2v) is 21.1. The molecule has 0 amide bonds. The SMILES string of the molecule is COCCOCCOCCOCC(COCCOCCOCCOC)COCC(COCC(COCCOCCOCCOC)COCCOCCOCCOC)COc1cc(-c2ccc(-c3ccc(O)cc3)cc2)cc(-c2ccc(-c3ccc(O)cc3)cc2)c1. The molecular formula is C70H102O21. The number of hydrogen-bond acceptors (Lipinski definition) is 21. The van der Waals surface area contributed by atoms with Crippen LogP contribution in [-0.2, 0) is 85.3 Å². The molecule has 0 aromatic heterocycles. The summed E-state index contributed by atoms with van der Waals surface area (Å²) in [4.78, 5) is 0. The van der Waals surface area contributed by atoms with Crippen LogP contribution in [0.1, 0.15) is 0 Å². The van der Waals surface area contributed by atoms with Crippen molar-refractivity contribution < 1.29 is 100 Å². The quantitative estimate of drug-likeness (QED) is 0.0348. The largest absolute Gasteiger partial charge is 0.508 e. The van der Waals surface area contributed by atoms with Crippen molar-refractivity contribution >= 4 is 0 Å². The van der Waals surface area contributed by atoms with Crippen LogP contribution in [-0.4, -0.2) is 257 Å². The molecule has 2 N–H and O–H groups in total. The smallest absolute Gasteiger partial charge is 0.120 e. The summed E-state index contributed by atoms with van der Waals surface area (Å²) in [5, 5.41) is 19.9. The normalized spacial score (nSPS) is 11.7. The lowest BCUT2D eigenvalue weighted by Gasteiger charge is -2.23. The predicted molar refractivity (Wildman–Crippen MR) is 346 cm³/mol. The fraction of sp³-hybridized carbons (Fsp3) is 0.571. The van der Waals surface area contributed by atoms with Gasteiger partial charge in [0, 0.05) is 46.2 Å². The Kier molecular flexibility index (Phi) is 43.1. The van der Waals surface area contributed by atoms with Crippen molar-refractivity contribution in [3.63, 3.8) is 0 Å². The summed E-state index contributed by atoms with van der Waals surface area (Å²) in [6, 6.07) is 37.4. The molecule has 21 heteroatoms. The van der Waals surface area contributed by atoms with Gasteiger partial charge in [-0.1, -0.05) is 72.8 Å². The minimum atomic E-state index is -0.232. The highest BCUT2D eigenvalue weighted by molar-refractivity contribution is 5.78. The van der Waals surface area contributed by atoms with E-state index in [-0.39, 0.29) is 35.9 Å². The zero-order chi connectivity index (χ0) is 64.3. The number of rotatable bonds is 59. The fourth-order valence-corrected chi connectivity index (χ4v) is 8.81. The van der Waals surface area contributed by atoms with E-state index in [1.54, 1.807) is 52.7 Å². The van der Waals surface area contributed by atoms with Crippen LogP contribution in [0.2, 0.25) is 0 Å². The van der Waals surface area contributed by atoms with Gasteiger partial charge in [0.2, 0.25) is 0 Å². The summed E-state index contributed by atoms with van der Waals surface area (Å²) >= 11 is 0. The maximum atomic E-state index is 9.95. The van der Waals surface area contributed by atoms with Gasteiger partial charge < -0.3 is 100 Å². The molecule has 0 aliphatic heterocycles. The summed E-state index contributed by atoms with van der Waals surface area (Å²) in [5.41, 5.74) is 7.95. The monoisotopic (exact) mass is 1280 g/mol. The molecule has 21 nitrogen and oxygen atoms in total. The van der Waals surface area contributed by atoms with E-state index in [1.807, 2.05) is 24.3 Å². The Labute approximate surface area is 539 Å². The summed E-state index contributed by atoms with van der Waals surface area (Å²) < 4.78 is 110. The Morgan fingerprint density at radius 3 is 0.670 bits per heavy atom. The van der Waals surface area contributed by atoms with Crippen LogP contribution in [0.15, 0.2) is 115 Å². The third-order valence-corrected chi connectivity index (χ3v) is 13.8. The van der Waals surface area contributed by atoms with Crippen LogP contribution < -0.4 is 4.74 Å². The molecule has 0 aliphatic rings. The Balaban J connectivity index is 1.32. The van der Waals surface area contributed by atoms with E-state index in [1.165, 1.54) is 0 Å². The molecule has 0 aliphatic carbocycles. The number of hydrogen-bond donors (Lipinski definition) is 2. The Bertz CT molecular complexity index is 2270. The van der Waals surface area contributed by atoms with Crippen molar-refractivity contribution in [1.29, 1.82) is 0 Å². The standard InChI is InChI=1S/C70H102O21/c1-73-21-25-77-29-33-81-37-41-85-48-57(49-86-42-38-82-34-30-78-26-22-74-2)52-89-54-59(55-90-53-58(50-87-43-39-83-35-31-79-27-23-75-3)51-88-44-40-84-36-32-80-28-24-76-4)56-91-70-46-66(64-9-5-60(6-10-64)62-13-17-68(71)18-14-62)45-67(47-70)65-11-7-61(8-12-65)63-15-19-69(72)20-16-63/h5-20,45-47,57-59,71-72H,21-44,48-56H2,1-4H3. The zero-order valence-electron chi connectivity index (χ0n) is 54.2. The molecule has 0 radical (unpaired) electrons. The van der Waals surface area contributed by atoms with Crippen molar-refractivity contribution in [2.24, 2.45) is 17.8 Å². The van der Waals surface area contributed by atoms with E-state index < -0.39 is 0 Å². The Morgan fingerprint density at radius 1 is 0.220 bits per heavy atom. The van der Waals surface area contributed by atoms with Crippen molar-refractivity contribution in [3.05, 3.63) is 115 Å². The third kappa shape index (κ3) is 35.6. The van der Waals surface area contributed by atoms with Crippen LogP contribution in [0.5, 0.6) is 17.2 Å². The Hall–Kier alpha value is -5.22. The number of phenolic OH excluding ortho intramolecular Hbond substituents is 2. The molecule has 0 saturated carbocycles. The maximum absolute atomic E-state index is 9.95. The number of benzene rings is 5. The topological polar surface area (TPSA) is 216 Å². The highest BCUT2D eigenvalue weighted by Crippen LogP contribution is 2.35. The average molecular weight is 1280 g/mol. The molecule has 91 heavy (non-hydrogen) atoms. The van der Waals surface area contributed by atoms with Crippen molar-refractivity contribution in [3.8, 4) is 61.8 Å². The average Bonchev–Trinajstić information content (AvgIpc) is 1.60. The first kappa shape index (κ1) is 76.5. The van der Waals surface area contributed by atoms with Gasteiger partial charge in [-0.05, 0) is 87.0 Å². The molecule has 0 atom stereocenters. The van der Waals surface area contributed by atoms with Crippen LogP contribution in [0, 0.1) is 17.8 Å². The van der Waals surface area contributed by atoms with Gasteiger partial charge in [0.15, 0.2) is 0 Å². The molecule has 0 heterocycles. The van der Waals surface area contributed by atoms with Crippen molar-refractivity contribution in [1.82, 2.24) is 0 Å². The molecule has 5 aromatic rings. The van der Waals surface area contributed by atoms with E-state index in [0.717, 1.165) is 44.5 Å². The first-order valence-electron chi connectivity index (χ1n) is 31.5. The van der Waals surface area contributed by atoms with Gasteiger partial charge in [-0.3, -0.25) is 0 Å². The highest BCUT2D eigenvalue weighted by atomic mass is 16.6. The van der Waals surface area contributed by atoms with E-state index in [2.05, 4.69) is 66.7 Å². The van der Waals surface area contributed by atoms with Gasteiger partial charge in [0.1, 0.15) is 17.2 Å². The van der Waals surface area contributed by atoms with Crippen molar-refractivity contribution in [2.45, 2.75) is 0 Å². The lowest BCUT2D eigenvalue weighted by molar-refractivity contribution is -0.0568. The lowest BCUT2D eigenvalue weighted by Crippen LogP contribution is -2.30. The van der Waals surface area contributed by atoms with Gasteiger partial charge in [0.25, 0.3) is 0 Å². The summed E-state index contributed by atoms with van der Waals surface area (Å²) in [6.07, 6.45) is 0. The number of methoxy groups -OCH3 is 4. The predicted octanol–water partition coefficient (Wildman–Crippen LogP) is 8.81. The summed E-state index contributed by atoms with van der Waals surface area (Å²) in [7, 11) is 6.57. The molecule has 0 bridgehead atoms. The Morgan fingerprint density at radius 2 is 0.418 bits per heavy atom. The van der Waals surface area contributed by atoms with Crippen molar-refractivity contribution in [2.75, 3.05) is 246 Å². The second-order valence-electron chi connectivity index (χ2n) is 21.1. The van der Waals surface area contributed by atoms with Gasteiger partial charge in [-0.15, -0.1) is 0 Å². The van der Waals surface area contributed by atoms with E-state index in [4.69, 9.17) is 90.0 Å². The zero-order valence-corrected chi connectivity index (χ0v) is 54.2. The van der Waals surface area contributed by atoms with Gasteiger partial charge in [-0.25, -0.2) is 0 Å². The van der Waals surface area contributed by atoms with E-state index in [9.17, 15) is 10.2 Å². The van der Waals surface area contributed by atoms with E-state index in [0.29, 0.717) is 217 Å². The van der Waals surface area contributed by atoms with E-state index >= 15 is 0 Å². The molecule has 0 fully saturated rings. The van der Waals surface area contributed by atoms with Crippen LogP contribution >= 0.6 is 0 Å². The van der Waals surface area contributed by atoms with Gasteiger partial charge in [-0.2, -0.15) is 0 Å². The van der Waals surface area contributed by atoms with Crippen LogP contribution in [0.25, 0.3) is 44.5 Å². The fourth-order valence-electron chi connectivity index (χ4n) is 8.81. The first-order chi connectivity index (χ1) is 44.9. The summed E-state index contributed by atoms with van der Waals surface area (Å²) in [5.74, 6) is 0.635. The maximum Gasteiger partial charge on any atom is 0.120 e. The first-order valence-corrected chi connectivity index (χ1v) is 31.5. The summed E-state index contributed by atoms with van der Waals surface area (Å²) in [6.45, 7) is 14.1. The lowest BCUT2D eigenvalue weighted by atomic mass is 9.95. The molecule has 0 unspecified atom stereocenters. The third-order valence-electron chi connectivity index (χ3n) is 13.8.